The molecule has 0 bridgehead atoms. The number of Topliss-reactive ketones (excluding diaryl/α,β-unsaturated/α-hetero) is 1. The number of carbonyl (C=O) groups is 6. The van der Waals surface area contributed by atoms with E-state index in [1.54, 1.807) is 0 Å². The normalized spacial score (nSPS) is 20.8. The van der Waals surface area contributed by atoms with Gasteiger partial charge in [-0.15, -0.1) is 0 Å². The number of amides is 5. The van der Waals surface area contributed by atoms with Crippen LogP contribution in [0.4, 0.5) is 0 Å². The Labute approximate surface area is 308 Å². The molecule has 4 rings (SSSR count). The molecule has 13 heteroatoms. The molecule has 52 heavy (non-hydrogen) atoms. The molecule has 0 aromatic carbocycles. The molecule has 5 amide bonds. The van der Waals surface area contributed by atoms with Crippen molar-refractivity contribution >= 4 is 35.3 Å². The quantitative estimate of drug-likeness (QED) is 0.157. The number of aromatic nitrogens is 2. The highest BCUT2D eigenvalue weighted by Gasteiger charge is 2.46. The summed E-state index contributed by atoms with van der Waals surface area (Å²) in [5.41, 5.74) is 0.0676. The molecular weight excluding hydrogens is 662 g/mol. The van der Waals surface area contributed by atoms with E-state index in [1.165, 1.54) is 23.5 Å². The van der Waals surface area contributed by atoms with Crippen LogP contribution in [0.15, 0.2) is 30.2 Å². The Morgan fingerprint density at radius 1 is 0.942 bits per heavy atom. The first-order valence-corrected chi connectivity index (χ1v) is 19.2. The molecule has 3 fully saturated rings. The van der Waals surface area contributed by atoms with Gasteiger partial charge in [0.25, 0.3) is 11.8 Å². The Hall–Kier alpha value is -4.16. The van der Waals surface area contributed by atoms with E-state index in [0.717, 1.165) is 56.9 Å². The first-order valence-electron chi connectivity index (χ1n) is 19.2. The molecule has 1 saturated heterocycles. The number of hydrogen-bond acceptors (Lipinski definition) is 8. The number of nitrogens with one attached hydrogen (secondary N) is 4. The van der Waals surface area contributed by atoms with Gasteiger partial charge in [-0.25, -0.2) is 4.98 Å². The van der Waals surface area contributed by atoms with Gasteiger partial charge in [0.2, 0.25) is 23.5 Å². The molecule has 286 valence electrons. The fourth-order valence-electron chi connectivity index (χ4n) is 7.44. The highest BCUT2D eigenvalue weighted by molar-refractivity contribution is 6.38. The van der Waals surface area contributed by atoms with Gasteiger partial charge < -0.3 is 26.2 Å². The van der Waals surface area contributed by atoms with Crippen LogP contribution in [0.5, 0.6) is 0 Å². The molecule has 13 nitrogen and oxygen atoms in total. The minimum Gasteiger partial charge on any atom is -0.349 e. The first kappa shape index (κ1) is 40.6. The van der Waals surface area contributed by atoms with E-state index in [-0.39, 0.29) is 30.0 Å². The average molecular weight is 722 g/mol. The summed E-state index contributed by atoms with van der Waals surface area (Å²) in [6, 6.07) is -3.98. The summed E-state index contributed by atoms with van der Waals surface area (Å²) in [5, 5.41) is 11.4. The predicted molar refractivity (Wildman–Crippen MR) is 196 cm³/mol. The van der Waals surface area contributed by atoms with Crippen LogP contribution in [0.25, 0.3) is 0 Å². The third-order valence-electron chi connectivity index (χ3n) is 10.5. The van der Waals surface area contributed by atoms with Crippen molar-refractivity contribution in [1.82, 2.24) is 36.1 Å². The van der Waals surface area contributed by atoms with E-state index in [2.05, 4.69) is 31.2 Å². The first-order chi connectivity index (χ1) is 24.7. The zero-order valence-corrected chi connectivity index (χ0v) is 31.8. The standard InChI is InChI=1S/C39H59N7O6/c1-7-17-42-37(51)32(47)28(22-25-12-11-13-25)43-36(50)31-27(21-24(2)3)16-20-46(31)38(52)33(39(4,5)6)45-35(49)30(26-14-9-8-10-15-26)44-34(48)29-23-40-18-19-41-29/h18-19,21,23-26,28,30-31,33H,7-17,20,22H2,1-6H3,(H,42,51)(H,43,50)(H,44,48)(H,45,49)/b27-21+/t28?,30-,31-,33+/m0/s1. The summed E-state index contributed by atoms with van der Waals surface area (Å²) in [6.07, 6.45) is 15.0. The molecule has 1 aromatic heterocycles. The maximum Gasteiger partial charge on any atom is 0.289 e. The Balaban J connectivity index is 1.60. The van der Waals surface area contributed by atoms with Gasteiger partial charge in [-0.2, -0.15) is 0 Å². The summed E-state index contributed by atoms with van der Waals surface area (Å²) in [7, 11) is 0. The average Bonchev–Trinajstić information content (AvgIpc) is 3.51. The molecule has 3 aliphatic rings. The van der Waals surface area contributed by atoms with Crippen LogP contribution >= 0.6 is 0 Å². The minimum absolute atomic E-state index is 0.0832. The Morgan fingerprint density at radius 2 is 1.65 bits per heavy atom. The van der Waals surface area contributed by atoms with Gasteiger partial charge in [-0.3, -0.25) is 33.8 Å². The van der Waals surface area contributed by atoms with E-state index in [1.807, 2.05) is 47.6 Å². The van der Waals surface area contributed by atoms with Gasteiger partial charge in [-0.1, -0.05) is 86.1 Å². The van der Waals surface area contributed by atoms with Crippen molar-refractivity contribution in [3.05, 3.63) is 35.9 Å². The Kier molecular flexibility index (Phi) is 14.5. The lowest BCUT2D eigenvalue weighted by Crippen LogP contribution is -2.62. The molecule has 1 aromatic rings. The Morgan fingerprint density at radius 3 is 2.23 bits per heavy atom. The van der Waals surface area contributed by atoms with Crippen molar-refractivity contribution in [2.75, 3.05) is 13.1 Å². The second-order valence-corrected chi connectivity index (χ2v) is 16.1. The van der Waals surface area contributed by atoms with Crippen molar-refractivity contribution in [3.63, 3.8) is 0 Å². The van der Waals surface area contributed by atoms with Crippen LogP contribution < -0.4 is 21.3 Å². The maximum atomic E-state index is 14.7. The molecule has 1 aliphatic heterocycles. The lowest BCUT2D eigenvalue weighted by molar-refractivity contribution is -0.145. The van der Waals surface area contributed by atoms with Crippen molar-refractivity contribution in [2.24, 2.45) is 23.2 Å². The third-order valence-corrected chi connectivity index (χ3v) is 10.5. The molecule has 2 aliphatic carbocycles. The van der Waals surface area contributed by atoms with Crippen molar-refractivity contribution in [1.29, 1.82) is 0 Å². The van der Waals surface area contributed by atoms with Crippen molar-refractivity contribution < 1.29 is 28.8 Å². The second kappa shape index (κ2) is 18.6. The lowest BCUT2D eigenvalue weighted by Gasteiger charge is -2.38. The molecule has 2 saturated carbocycles. The number of allylic oxidation sites excluding steroid dienone is 1. The fourth-order valence-corrected chi connectivity index (χ4v) is 7.44. The molecule has 1 unspecified atom stereocenters. The molecular formula is C39H59N7O6. The van der Waals surface area contributed by atoms with Crippen LogP contribution in [0.3, 0.4) is 0 Å². The highest BCUT2D eigenvalue weighted by Crippen LogP contribution is 2.33. The summed E-state index contributed by atoms with van der Waals surface area (Å²) < 4.78 is 0. The van der Waals surface area contributed by atoms with Gasteiger partial charge in [0, 0.05) is 25.5 Å². The number of ketones is 1. The van der Waals surface area contributed by atoms with Gasteiger partial charge in [-0.05, 0) is 60.8 Å². The topological polar surface area (TPSA) is 180 Å². The van der Waals surface area contributed by atoms with Crippen LogP contribution in [0.2, 0.25) is 0 Å². The zero-order valence-electron chi connectivity index (χ0n) is 31.8. The van der Waals surface area contributed by atoms with Crippen LogP contribution in [-0.2, 0) is 24.0 Å². The SMILES string of the molecule is CCCNC(=O)C(=O)C(CC1CCC1)NC(=O)[C@@H]1/C(=C/C(C)C)CCN1C(=O)[C@@H](NC(=O)[C@@H](NC(=O)c1cnccn1)C1CCCCC1)C(C)(C)C. The van der Waals surface area contributed by atoms with Gasteiger partial charge in [0.1, 0.15) is 23.8 Å². The highest BCUT2D eigenvalue weighted by atomic mass is 16.2. The molecule has 2 heterocycles. The van der Waals surface area contributed by atoms with E-state index < -0.39 is 64.9 Å². The van der Waals surface area contributed by atoms with E-state index in [0.29, 0.717) is 25.8 Å². The number of likely N-dealkylation sites (tertiary alicyclic amines) is 1. The lowest BCUT2D eigenvalue weighted by atomic mass is 9.80. The van der Waals surface area contributed by atoms with E-state index in [9.17, 15) is 28.8 Å². The maximum absolute atomic E-state index is 14.7. The van der Waals surface area contributed by atoms with Crippen LogP contribution in [0, 0.1) is 23.2 Å². The summed E-state index contributed by atoms with van der Waals surface area (Å²) in [4.78, 5) is 92.1. The molecule has 4 N–H and O–H groups in total. The van der Waals surface area contributed by atoms with E-state index >= 15 is 0 Å². The predicted octanol–water partition coefficient (Wildman–Crippen LogP) is 3.64. The fraction of sp³-hybridized carbons (Fsp3) is 0.692. The number of rotatable bonds is 15. The second-order valence-electron chi connectivity index (χ2n) is 16.1. The third kappa shape index (κ3) is 10.7. The largest absolute Gasteiger partial charge is 0.349 e. The number of carbonyl (C=O) groups excluding carboxylic acids is 6. The smallest absolute Gasteiger partial charge is 0.289 e. The van der Waals surface area contributed by atoms with E-state index in [4.69, 9.17) is 0 Å². The van der Waals surface area contributed by atoms with Gasteiger partial charge in [0.15, 0.2) is 0 Å². The monoisotopic (exact) mass is 721 g/mol. The van der Waals surface area contributed by atoms with Crippen LogP contribution in [-0.4, -0.2) is 87.4 Å². The summed E-state index contributed by atoms with van der Waals surface area (Å²) in [5.74, 6) is -3.17. The van der Waals surface area contributed by atoms with Gasteiger partial charge in [0.05, 0.1) is 12.2 Å². The molecule has 4 atom stereocenters. The zero-order chi connectivity index (χ0) is 38.0. The molecule has 0 spiro atoms. The van der Waals surface area contributed by atoms with Crippen molar-refractivity contribution in [3.8, 4) is 0 Å². The number of hydrogen-bond donors (Lipinski definition) is 4. The Bertz CT molecular complexity index is 1460. The van der Waals surface area contributed by atoms with Crippen LogP contribution in [0.1, 0.15) is 123 Å². The molecule has 0 radical (unpaired) electrons. The minimum atomic E-state index is -1.04. The summed E-state index contributed by atoms with van der Waals surface area (Å²) in [6.45, 7) is 12.0. The summed E-state index contributed by atoms with van der Waals surface area (Å²) >= 11 is 0. The van der Waals surface area contributed by atoms with Gasteiger partial charge >= 0.3 is 0 Å². The van der Waals surface area contributed by atoms with Crippen molar-refractivity contribution in [2.45, 2.75) is 136 Å². The number of nitrogens with zero attached hydrogens (tertiary/aromatic N) is 3.